The largest absolute Gasteiger partial charge is 0.483 e. The van der Waals surface area contributed by atoms with Gasteiger partial charge in [-0.05, 0) is 37.3 Å². The normalized spacial score (nSPS) is 19.1. The van der Waals surface area contributed by atoms with E-state index in [9.17, 15) is 5.11 Å². The molecule has 2 N–H and O–H groups in total. The Balaban J connectivity index is 0.000000730. The number of fused-ring (bicyclic) bond motifs is 1. The molecule has 1 fully saturated rings. The van der Waals surface area contributed by atoms with Crippen molar-refractivity contribution in [1.82, 2.24) is 10.1 Å². The van der Waals surface area contributed by atoms with E-state index in [4.69, 9.17) is 28.9 Å². The maximum Gasteiger partial charge on any atom is 0.290 e. The van der Waals surface area contributed by atoms with Gasteiger partial charge in [0, 0.05) is 37.1 Å². The van der Waals surface area contributed by atoms with E-state index in [0.29, 0.717) is 13.0 Å². The fourth-order valence-electron chi connectivity index (χ4n) is 3.83. The second-order valence-electron chi connectivity index (χ2n) is 7.43. The topological polar surface area (TPSA) is 118 Å². The molecule has 0 saturated carbocycles. The monoisotopic (exact) mass is 425 g/mol. The average molecular weight is 425 g/mol. The Morgan fingerprint density at radius 2 is 1.97 bits per heavy atom. The summed E-state index contributed by atoms with van der Waals surface area (Å²) >= 11 is 0. The van der Waals surface area contributed by atoms with Crippen molar-refractivity contribution in [2.75, 3.05) is 24.8 Å². The van der Waals surface area contributed by atoms with Crippen LogP contribution < -0.4 is 14.4 Å². The van der Waals surface area contributed by atoms with Crippen molar-refractivity contribution in [3.63, 3.8) is 0 Å². The maximum absolute atomic E-state index is 10.5. The van der Waals surface area contributed by atoms with Crippen LogP contribution >= 0.6 is 0 Å². The third-order valence-corrected chi connectivity index (χ3v) is 5.27. The lowest BCUT2D eigenvalue weighted by molar-refractivity contribution is -0.122. The lowest BCUT2D eigenvalue weighted by Crippen LogP contribution is -2.22. The predicted octanol–water partition coefficient (Wildman–Crippen LogP) is 2.51. The van der Waals surface area contributed by atoms with Crippen LogP contribution in [0.1, 0.15) is 11.5 Å². The minimum atomic E-state index is -0.429. The van der Waals surface area contributed by atoms with Crippen LogP contribution in [0.4, 0.5) is 5.82 Å². The van der Waals surface area contributed by atoms with Crippen LogP contribution in [0, 0.1) is 12.8 Å². The van der Waals surface area contributed by atoms with Crippen molar-refractivity contribution >= 4 is 12.3 Å². The summed E-state index contributed by atoms with van der Waals surface area (Å²) in [5, 5.41) is 21.3. The van der Waals surface area contributed by atoms with Crippen molar-refractivity contribution in [3.05, 3.63) is 53.9 Å². The van der Waals surface area contributed by atoms with Gasteiger partial charge in [-0.2, -0.15) is 0 Å². The molecule has 162 valence electrons. The van der Waals surface area contributed by atoms with Gasteiger partial charge >= 0.3 is 0 Å². The van der Waals surface area contributed by atoms with Crippen LogP contribution in [0.5, 0.6) is 11.5 Å². The van der Waals surface area contributed by atoms with Gasteiger partial charge in [-0.15, -0.1) is 0 Å². The molecular weight excluding hydrogens is 402 g/mol. The number of hydrogen-bond donors (Lipinski definition) is 2. The summed E-state index contributed by atoms with van der Waals surface area (Å²) in [6.07, 6.45) is 0.238. The molecular formula is C22H23N3O6. The average Bonchev–Trinajstić information content (AvgIpc) is 3.49. The number of ether oxygens (including phenoxy) is 2. The molecule has 0 amide bonds. The van der Waals surface area contributed by atoms with Gasteiger partial charge in [-0.1, -0.05) is 11.2 Å². The number of carboxylic acid groups (broad SMARTS) is 1. The summed E-state index contributed by atoms with van der Waals surface area (Å²) in [5.74, 6) is 3.25. The molecule has 1 saturated heterocycles. The molecule has 0 unspecified atom stereocenters. The molecule has 4 heterocycles. The number of aliphatic hydroxyl groups is 1. The smallest absolute Gasteiger partial charge is 0.290 e. The number of anilines is 1. The summed E-state index contributed by atoms with van der Waals surface area (Å²) < 4.78 is 16.2. The Morgan fingerprint density at radius 3 is 2.74 bits per heavy atom. The van der Waals surface area contributed by atoms with E-state index in [0.717, 1.165) is 46.6 Å². The fraction of sp³-hybridized carbons (Fsp3) is 0.318. The second kappa shape index (κ2) is 9.05. The summed E-state index contributed by atoms with van der Waals surface area (Å²) in [5.41, 5.74) is 2.69. The number of aryl methyl sites for hydroxylation is 1. The zero-order valence-corrected chi connectivity index (χ0v) is 17.0. The van der Waals surface area contributed by atoms with Crippen molar-refractivity contribution < 1.29 is 29.0 Å². The van der Waals surface area contributed by atoms with Crippen molar-refractivity contribution in [2.45, 2.75) is 19.4 Å². The highest BCUT2D eigenvalue weighted by Crippen LogP contribution is 2.36. The van der Waals surface area contributed by atoms with E-state index in [1.165, 1.54) is 0 Å². The van der Waals surface area contributed by atoms with E-state index < -0.39 is 6.10 Å². The molecule has 0 radical (unpaired) electrons. The third kappa shape index (κ3) is 4.61. The summed E-state index contributed by atoms with van der Waals surface area (Å²) in [7, 11) is 0. The van der Waals surface area contributed by atoms with Crippen LogP contribution in [0.3, 0.4) is 0 Å². The van der Waals surface area contributed by atoms with Crippen LogP contribution in [0.25, 0.3) is 11.3 Å². The first-order valence-electron chi connectivity index (χ1n) is 9.87. The molecule has 2 aromatic heterocycles. The van der Waals surface area contributed by atoms with Gasteiger partial charge in [0.2, 0.25) is 6.79 Å². The number of nitrogens with zero attached hydrogens (tertiary/aromatic N) is 3. The quantitative estimate of drug-likeness (QED) is 0.608. The van der Waals surface area contributed by atoms with Crippen LogP contribution in [-0.4, -0.2) is 52.8 Å². The molecule has 2 aliphatic heterocycles. The zero-order valence-electron chi connectivity index (χ0n) is 17.0. The Hall–Kier alpha value is -3.59. The zero-order chi connectivity index (χ0) is 21.8. The van der Waals surface area contributed by atoms with Gasteiger partial charge in [0.15, 0.2) is 11.5 Å². The van der Waals surface area contributed by atoms with Gasteiger partial charge in [-0.25, -0.2) is 4.98 Å². The number of rotatable bonds is 4. The van der Waals surface area contributed by atoms with E-state index in [-0.39, 0.29) is 19.2 Å². The third-order valence-electron chi connectivity index (χ3n) is 5.27. The maximum atomic E-state index is 10.5. The molecule has 0 bridgehead atoms. The van der Waals surface area contributed by atoms with Crippen molar-refractivity contribution in [1.29, 1.82) is 0 Å². The first-order valence-corrected chi connectivity index (χ1v) is 9.87. The van der Waals surface area contributed by atoms with E-state index in [1.54, 1.807) is 0 Å². The number of benzene rings is 1. The summed E-state index contributed by atoms with van der Waals surface area (Å²) in [6, 6.07) is 13.7. The lowest BCUT2D eigenvalue weighted by Gasteiger charge is -2.18. The Morgan fingerprint density at radius 1 is 1.16 bits per heavy atom. The van der Waals surface area contributed by atoms with Crippen LogP contribution in [-0.2, 0) is 11.2 Å². The molecule has 2 atom stereocenters. The van der Waals surface area contributed by atoms with Gasteiger partial charge in [-0.3, -0.25) is 4.79 Å². The summed E-state index contributed by atoms with van der Waals surface area (Å²) in [6.45, 7) is 3.17. The van der Waals surface area contributed by atoms with Gasteiger partial charge in [0.25, 0.3) is 6.47 Å². The Labute approximate surface area is 178 Å². The molecule has 9 heteroatoms. The van der Waals surface area contributed by atoms with Crippen LogP contribution in [0.2, 0.25) is 0 Å². The molecule has 31 heavy (non-hydrogen) atoms. The first-order chi connectivity index (χ1) is 15.1. The molecule has 0 spiro atoms. The highest BCUT2D eigenvalue weighted by molar-refractivity contribution is 5.66. The highest BCUT2D eigenvalue weighted by atomic mass is 16.7. The number of pyridine rings is 1. The van der Waals surface area contributed by atoms with E-state index in [1.807, 2.05) is 49.4 Å². The molecule has 3 aromatic rings. The number of aromatic nitrogens is 2. The Kier molecular flexibility index (Phi) is 6.03. The first kappa shape index (κ1) is 20.7. The fourth-order valence-corrected chi connectivity index (χ4v) is 3.83. The van der Waals surface area contributed by atoms with Gasteiger partial charge < -0.3 is 29.1 Å². The second-order valence-corrected chi connectivity index (χ2v) is 7.43. The number of hydrogen-bond acceptors (Lipinski definition) is 8. The van der Waals surface area contributed by atoms with Gasteiger partial charge in [0.1, 0.15) is 11.6 Å². The Bertz CT molecular complexity index is 1050. The predicted molar refractivity (Wildman–Crippen MR) is 111 cm³/mol. The molecule has 1 aromatic carbocycles. The van der Waals surface area contributed by atoms with Gasteiger partial charge in [0.05, 0.1) is 17.5 Å². The highest BCUT2D eigenvalue weighted by Gasteiger charge is 2.33. The molecule has 5 rings (SSSR count). The summed E-state index contributed by atoms with van der Waals surface area (Å²) in [4.78, 5) is 15.3. The van der Waals surface area contributed by atoms with Crippen LogP contribution in [0.15, 0.2) is 47.0 Å². The van der Waals surface area contributed by atoms with Crippen molar-refractivity contribution in [3.8, 4) is 22.8 Å². The molecule has 9 nitrogen and oxygen atoms in total. The lowest BCUT2D eigenvalue weighted by atomic mass is 10.0. The SMILES string of the molecule is Cc1cc(C[C@@H]2CN(c3cccc(-c4ccc5c(c4)OCO5)n3)C[C@H]2O)on1.O=CO. The molecule has 0 aliphatic carbocycles. The standard InChI is InChI=1S/C21H21N3O4.CH2O2/c1-13-7-16(28-23-13)8-15-10-24(11-18(15)25)21-4-2-3-17(22-21)14-5-6-19-20(9-14)27-12-26-19;2-1-3/h2-7,9,15,18,25H,8,10-12H2,1H3;1H,(H,2,3)/t15-,18-;/m1./s1. The van der Waals surface area contributed by atoms with E-state index >= 15 is 0 Å². The minimum Gasteiger partial charge on any atom is -0.483 e. The minimum absolute atomic E-state index is 0.0864. The van der Waals surface area contributed by atoms with E-state index in [2.05, 4.69) is 10.1 Å². The number of β-amino-alcohol motifs (C(OH)–C–C–N with tert-alkyl or cyclic N) is 1. The molecule has 2 aliphatic rings. The number of aliphatic hydroxyl groups excluding tert-OH is 1. The van der Waals surface area contributed by atoms with Crippen molar-refractivity contribution in [2.24, 2.45) is 5.92 Å². The number of carbonyl (C=O) groups is 1.